The third-order valence-electron chi connectivity index (χ3n) is 2.40. The van der Waals surface area contributed by atoms with E-state index in [-0.39, 0.29) is 25.8 Å². The average Bonchev–Trinajstić information content (AvgIpc) is 1.82. The van der Waals surface area contributed by atoms with E-state index in [1.54, 1.807) is 0 Å². The summed E-state index contributed by atoms with van der Waals surface area (Å²) in [7, 11) is 17.4. The first-order valence-corrected chi connectivity index (χ1v) is 9.58. The summed E-state index contributed by atoms with van der Waals surface area (Å²) in [6.07, 6.45) is 0. The van der Waals surface area contributed by atoms with Crippen molar-refractivity contribution >= 4 is 45.3 Å². The summed E-state index contributed by atoms with van der Waals surface area (Å²) in [5.74, 6) is 0. The summed E-state index contributed by atoms with van der Waals surface area (Å²) in [6.45, 7) is 0. The Bertz CT molecular complexity index is 124. The zero-order valence-electron chi connectivity index (χ0n) is 10.9. The van der Waals surface area contributed by atoms with Gasteiger partial charge in [0.15, 0.2) is 0 Å². The van der Waals surface area contributed by atoms with Crippen LogP contribution in [-0.2, 0) is 0 Å². The van der Waals surface area contributed by atoms with Crippen LogP contribution in [0.3, 0.4) is 0 Å². The average molecular weight is 410 g/mol. The molecule has 0 N–H and O–H groups in total. The minimum absolute atomic E-state index is 0. The number of hydrogen-bond acceptors (Lipinski definition) is 4. The summed E-state index contributed by atoms with van der Waals surface area (Å²) in [4.78, 5) is 0. The van der Waals surface area contributed by atoms with Crippen LogP contribution in [0.2, 0.25) is 0 Å². The zero-order valence-corrected chi connectivity index (χ0v) is 17.0. The molecule has 0 spiro atoms. The SMILES string of the molecule is C[N](C)[Sn]([N](C)C)([N](C)C)[N](C)C.[In]. The van der Waals surface area contributed by atoms with E-state index in [0.29, 0.717) is 0 Å². The third-order valence-corrected chi connectivity index (χ3v) is 16.1. The zero-order chi connectivity index (χ0) is 10.8. The van der Waals surface area contributed by atoms with E-state index in [1.807, 2.05) is 0 Å². The Hall–Kier alpha value is 1.51. The van der Waals surface area contributed by atoms with Gasteiger partial charge in [0.2, 0.25) is 0 Å². The fourth-order valence-corrected chi connectivity index (χ4v) is 16.1. The molecule has 0 aromatic rings. The Morgan fingerprint density at radius 1 is 0.500 bits per heavy atom. The van der Waals surface area contributed by atoms with Crippen molar-refractivity contribution in [3.05, 3.63) is 0 Å². The van der Waals surface area contributed by atoms with Gasteiger partial charge < -0.3 is 0 Å². The molecule has 0 fully saturated rings. The van der Waals surface area contributed by atoms with Crippen molar-refractivity contribution in [3.8, 4) is 0 Å². The Morgan fingerprint density at radius 3 is 0.643 bits per heavy atom. The van der Waals surface area contributed by atoms with Crippen molar-refractivity contribution in [1.82, 2.24) is 12.5 Å². The smallest absolute Gasteiger partial charge is 0 e. The molecule has 6 heteroatoms. The summed E-state index contributed by atoms with van der Waals surface area (Å²) < 4.78 is 9.59. The van der Waals surface area contributed by atoms with Crippen LogP contribution >= 0.6 is 0 Å². The molecule has 0 saturated carbocycles. The van der Waals surface area contributed by atoms with E-state index in [4.69, 9.17) is 0 Å². The fraction of sp³-hybridized carbons (Fsp3) is 1.00. The standard InChI is InChI=1S/4C2H6N.In.Sn/c4*1-3-2;;/h4*1-2H3;;/q4*-1;;+4. The molecule has 14 heavy (non-hydrogen) atoms. The molecule has 0 saturated heterocycles. The Labute approximate surface area is 113 Å². The van der Waals surface area contributed by atoms with Gasteiger partial charge in [-0.15, -0.1) is 0 Å². The van der Waals surface area contributed by atoms with Crippen molar-refractivity contribution in [3.63, 3.8) is 0 Å². The van der Waals surface area contributed by atoms with Gasteiger partial charge in [-0.05, 0) is 0 Å². The first-order valence-electron chi connectivity index (χ1n) is 4.47. The molecule has 0 rings (SSSR count). The quantitative estimate of drug-likeness (QED) is 0.569. The molecular formula is C8H24InN4Sn. The van der Waals surface area contributed by atoms with Gasteiger partial charge in [-0.1, -0.05) is 0 Å². The van der Waals surface area contributed by atoms with Crippen LogP contribution in [0.25, 0.3) is 0 Å². The maximum absolute atomic E-state index is 2.59. The molecule has 83 valence electrons. The van der Waals surface area contributed by atoms with Crippen LogP contribution in [0, 0.1) is 0 Å². The molecule has 0 amide bonds. The first-order chi connectivity index (χ1) is 5.77. The van der Waals surface area contributed by atoms with Crippen LogP contribution in [0.1, 0.15) is 0 Å². The van der Waals surface area contributed by atoms with E-state index in [1.165, 1.54) is 0 Å². The number of rotatable bonds is 4. The van der Waals surface area contributed by atoms with Gasteiger partial charge in [0.1, 0.15) is 0 Å². The summed E-state index contributed by atoms with van der Waals surface area (Å²) in [5.41, 5.74) is 0. The maximum atomic E-state index is 2.40. The molecule has 0 aliphatic rings. The van der Waals surface area contributed by atoms with Crippen molar-refractivity contribution < 1.29 is 0 Å². The molecule has 0 aliphatic heterocycles. The van der Waals surface area contributed by atoms with Gasteiger partial charge in [0.05, 0.1) is 0 Å². The molecular weight excluding hydrogens is 386 g/mol. The minimum atomic E-state index is -2.59. The van der Waals surface area contributed by atoms with Crippen molar-refractivity contribution in [2.45, 2.75) is 0 Å². The fourth-order valence-electron chi connectivity index (χ4n) is 2.40. The summed E-state index contributed by atoms with van der Waals surface area (Å²) in [5, 5.41) is 0. The second-order valence-corrected chi connectivity index (χ2v) is 17.8. The second-order valence-electron chi connectivity index (χ2n) is 4.18. The van der Waals surface area contributed by atoms with Crippen LogP contribution in [0.4, 0.5) is 0 Å². The van der Waals surface area contributed by atoms with Gasteiger partial charge >= 0.3 is 88.3 Å². The molecule has 0 bridgehead atoms. The molecule has 0 unspecified atom stereocenters. The summed E-state index contributed by atoms with van der Waals surface area (Å²) >= 11 is -2.59. The van der Waals surface area contributed by atoms with Gasteiger partial charge in [-0.2, -0.15) is 0 Å². The van der Waals surface area contributed by atoms with Crippen molar-refractivity contribution in [1.29, 1.82) is 0 Å². The van der Waals surface area contributed by atoms with Crippen LogP contribution in [-0.4, -0.2) is 114 Å². The predicted molar refractivity (Wildman–Crippen MR) is 66.3 cm³/mol. The molecule has 4 nitrogen and oxygen atoms in total. The molecule has 0 atom stereocenters. The van der Waals surface area contributed by atoms with Crippen LogP contribution < -0.4 is 0 Å². The molecule has 0 aromatic heterocycles. The van der Waals surface area contributed by atoms with E-state index in [9.17, 15) is 0 Å². The largest absolute Gasteiger partial charge is 0 e. The van der Waals surface area contributed by atoms with Crippen molar-refractivity contribution in [2.24, 2.45) is 0 Å². The third kappa shape index (κ3) is 3.25. The van der Waals surface area contributed by atoms with Gasteiger partial charge in [-0.3, -0.25) is 0 Å². The number of nitrogens with zero attached hydrogens (tertiary/aromatic N) is 4. The van der Waals surface area contributed by atoms with Gasteiger partial charge in [-0.25, -0.2) is 0 Å². The van der Waals surface area contributed by atoms with Crippen molar-refractivity contribution in [2.75, 3.05) is 56.4 Å². The monoisotopic (exact) mass is 411 g/mol. The predicted octanol–water partition coefficient (Wildman–Crippen LogP) is -0.712. The van der Waals surface area contributed by atoms with Crippen LogP contribution in [0.15, 0.2) is 0 Å². The first kappa shape index (κ1) is 17.9. The van der Waals surface area contributed by atoms with Crippen LogP contribution in [0.5, 0.6) is 0 Å². The van der Waals surface area contributed by atoms with Gasteiger partial charge in [0.25, 0.3) is 0 Å². The van der Waals surface area contributed by atoms with E-state index < -0.39 is 19.5 Å². The molecule has 3 radical (unpaired) electrons. The maximum Gasteiger partial charge on any atom is 0 e. The van der Waals surface area contributed by atoms with Gasteiger partial charge in [0, 0.05) is 25.8 Å². The Morgan fingerprint density at radius 2 is 0.643 bits per heavy atom. The van der Waals surface area contributed by atoms with E-state index in [2.05, 4.69) is 68.9 Å². The topological polar surface area (TPSA) is 13.0 Å². The molecule has 0 aliphatic carbocycles. The molecule has 0 aromatic carbocycles. The summed E-state index contributed by atoms with van der Waals surface area (Å²) in [6, 6.07) is 0. The normalized spacial score (nSPS) is 12.9. The Balaban J connectivity index is 0. The second kappa shape index (κ2) is 6.96. The number of hydrogen-bond donors (Lipinski definition) is 0. The van der Waals surface area contributed by atoms with E-state index in [0.717, 1.165) is 0 Å². The Kier molecular flexibility index (Phi) is 8.89. The minimum Gasteiger partial charge on any atom is 0 e. The molecule has 0 heterocycles. The van der Waals surface area contributed by atoms with E-state index >= 15 is 0 Å².